The van der Waals surface area contributed by atoms with Crippen molar-refractivity contribution in [2.45, 2.75) is 44.7 Å². The maximum Gasteiger partial charge on any atom is 0.321 e. The molecule has 1 atom stereocenters. The zero-order valence-electron chi connectivity index (χ0n) is 19.4. The lowest BCUT2D eigenvalue weighted by Crippen LogP contribution is -2.63. The molecular weight excluding hydrogens is 418 g/mol. The summed E-state index contributed by atoms with van der Waals surface area (Å²) in [5, 5.41) is 10.3. The molecule has 3 N–H and O–H groups in total. The van der Waals surface area contributed by atoms with Crippen molar-refractivity contribution in [3.8, 4) is 11.5 Å². The minimum atomic E-state index is -0.468. The number of likely N-dealkylation sites (tertiary alicyclic amines) is 1. The van der Waals surface area contributed by atoms with E-state index in [0.717, 1.165) is 30.1 Å². The molecule has 2 aromatic carbocycles. The first-order chi connectivity index (χ1) is 15.8. The number of urea groups is 1. The van der Waals surface area contributed by atoms with Gasteiger partial charge in [-0.15, -0.1) is 0 Å². The molecule has 0 bridgehead atoms. The fourth-order valence-corrected chi connectivity index (χ4v) is 4.58. The van der Waals surface area contributed by atoms with Crippen LogP contribution in [0.15, 0.2) is 47.5 Å². The van der Waals surface area contributed by atoms with Gasteiger partial charge in [-0.3, -0.25) is 4.99 Å². The molecule has 174 valence electrons. The Morgan fingerprint density at radius 3 is 2.64 bits per heavy atom. The number of ether oxygens (including phenoxy) is 2. The van der Waals surface area contributed by atoms with Crippen molar-refractivity contribution in [2.24, 2.45) is 4.99 Å². The van der Waals surface area contributed by atoms with Crippen molar-refractivity contribution < 1.29 is 14.3 Å². The maximum absolute atomic E-state index is 13.3. The molecule has 0 radical (unpaired) electrons. The minimum Gasteiger partial charge on any atom is -0.486 e. The van der Waals surface area contributed by atoms with Gasteiger partial charge in [0.05, 0.1) is 23.5 Å². The predicted octanol–water partition coefficient (Wildman–Crippen LogP) is 4.56. The lowest BCUT2D eigenvalue weighted by Gasteiger charge is -2.47. The Labute approximate surface area is 194 Å². The molecule has 3 heterocycles. The summed E-state index contributed by atoms with van der Waals surface area (Å²) in [4.78, 5) is 20.1. The third-order valence-electron chi connectivity index (χ3n) is 6.03. The fourth-order valence-electron chi connectivity index (χ4n) is 4.58. The minimum absolute atomic E-state index is 0.137. The zero-order chi connectivity index (χ0) is 23.1. The number of nitrogens with zero attached hydrogens (tertiary/aromatic N) is 2. The Hall–Kier alpha value is -3.42. The molecule has 0 unspecified atom stereocenters. The summed E-state index contributed by atoms with van der Waals surface area (Å²) in [5.74, 6) is 2.24. The van der Waals surface area contributed by atoms with Gasteiger partial charge >= 0.3 is 6.03 Å². The number of amides is 2. The van der Waals surface area contributed by atoms with E-state index in [1.807, 2.05) is 41.3 Å². The molecule has 0 saturated carbocycles. The van der Waals surface area contributed by atoms with Gasteiger partial charge in [0.1, 0.15) is 24.6 Å². The van der Waals surface area contributed by atoms with E-state index in [-0.39, 0.29) is 11.6 Å². The second-order valence-electron chi connectivity index (χ2n) is 9.82. The summed E-state index contributed by atoms with van der Waals surface area (Å²) in [6.45, 7) is 8.51. The lowest BCUT2D eigenvalue weighted by atomic mass is 9.85. The van der Waals surface area contributed by atoms with Crippen LogP contribution in [0.4, 0.5) is 21.9 Å². The molecule has 3 aliphatic rings. The second kappa shape index (κ2) is 8.17. The first-order valence-electron chi connectivity index (χ1n) is 11.5. The summed E-state index contributed by atoms with van der Waals surface area (Å²) in [7, 11) is 0. The standard InChI is InChI=1S/C25H31N5O3/c1-24(2,3)29-22-25(28-19-8-5-4-7-18(19)27-22)11-6-12-30(16-25)23(31)26-17-9-10-20-21(15-17)33-14-13-32-20/h4-5,7-10,15,28H,6,11-14,16H2,1-3H3,(H,26,31)(H,27,29)/t25-/m1/s1. The van der Waals surface area contributed by atoms with Crippen LogP contribution < -0.4 is 25.4 Å². The van der Waals surface area contributed by atoms with Gasteiger partial charge in [-0.05, 0) is 57.9 Å². The summed E-state index contributed by atoms with van der Waals surface area (Å²) < 4.78 is 11.2. The van der Waals surface area contributed by atoms with Crippen LogP contribution in [0.5, 0.6) is 11.5 Å². The van der Waals surface area contributed by atoms with Crippen LogP contribution in [-0.4, -0.2) is 54.1 Å². The molecule has 0 aromatic heterocycles. The number of hydrogen-bond acceptors (Lipinski definition) is 5. The van der Waals surface area contributed by atoms with E-state index in [9.17, 15) is 4.79 Å². The van der Waals surface area contributed by atoms with Crippen molar-refractivity contribution in [1.29, 1.82) is 0 Å². The van der Waals surface area contributed by atoms with Crippen LogP contribution in [0, 0.1) is 0 Å². The Morgan fingerprint density at radius 2 is 1.85 bits per heavy atom. The van der Waals surface area contributed by atoms with Gasteiger partial charge in [0.2, 0.25) is 0 Å². The Bertz CT molecular complexity index is 1090. The smallest absolute Gasteiger partial charge is 0.321 e. The van der Waals surface area contributed by atoms with Crippen LogP contribution in [0.2, 0.25) is 0 Å². The first kappa shape index (κ1) is 21.4. The molecule has 1 fully saturated rings. The zero-order valence-corrected chi connectivity index (χ0v) is 19.4. The number of carbonyl (C=O) groups is 1. The number of amidine groups is 1. The van der Waals surface area contributed by atoms with Crippen molar-refractivity contribution >= 4 is 28.9 Å². The number of para-hydroxylation sites is 2. The summed E-state index contributed by atoms with van der Waals surface area (Å²) in [5.41, 5.74) is 2.00. The number of aliphatic imine (C=N–C) groups is 1. The van der Waals surface area contributed by atoms with Gasteiger partial charge in [0.25, 0.3) is 0 Å². The van der Waals surface area contributed by atoms with E-state index >= 15 is 0 Å². The van der Waals surface area contributed by atoms with E-state index < -0.39 is 5.54 Å². The molecule has 1 spiro atoms. The molecule has 2 amide bonds. The topological polar surface area (TPSA) is 87.2 Å². The van der Waals surface area contributed by atoms with E-state index in [2.05, 4.69) is 42.8 Å². The SMILES string of the molecule is CC(C)(C)N=C1Nc2ccccc2N[C@@]12CCCN(C(=O)Nc1ccc3c(c1)OCCO3)C2. The summed E-state index contributed by atoms with van der Waals surface area (Å²) in [6, 6.07) is 13.5. The first-order valence-corrected chi connectivity index (χ1v) is 11.5. The molecule has 2 aromatic rings. The normalized spacial score (nSPS) is 22.9. The number of nitrogens with one attached hydrogen (secondary N) is 3. The molecule has 1 saturated heterocycles. The quantitative estimate of drug-likeness (QED) is 0.594. The number of carbonyl (C=O) groups excluding carboxylic acids is 1. The third kappa shape index (κ3) is 4.42. The van der Waals surface area contributed by atoms with Crippen molar-refractivity contribution in [2.75, 3.05) is 42.3 Å². The van der Waals surface area contributed by atoms with E-state index in [1.165, 1.54) is 0 Å². The van der Waals surface area contributed by atoms with Crippen LogP contribution >= 0.6 is 0 Å². The Kier molecular flexibility index (Phi) is 5.31. The average Bonchev–Trinajstić information content (AvgIpc) is 2.79. The molecule has 5 rings (SSSR count). The Balaban J connectivity index is 1.39. The van der Waals surface area contributed by atoms with Crippen LogP contribution in [0.25, 0.3) is 0 Å². The van der Waals surface area contributed by atoms with E-state index in [1.54, 1.807) is 0 Å². The highest BCUT2D eigenvalue weighted by atomic mass is 16.6. The fraction of sp³-hybridized carbons (Fsp3) is 0.440. The predicted molar refractivity (Wildman–Crippen MR) is 131 cm³/mol. The summed E-state index contributed by atoms with van der Waals surface area (Å²) >= 11 is 0. The van der Waals surface area contributed by atoms with Crippen LogP contribution in [0.1, 0.15) is 33.6 Å². The monoisotopic (exact) mass is 449 g/mol. The summed E-state index contributed by atoms with van der Waals surface area (Å²) in [6.07, 6.45) is 1.76. The van der Waals surface area contributed by atoms with Crippen LogP contribution in [-0.2, 0) is 0 Å². The van der Waals surface area contributed by atoms with Gasteiger partial charge in [-0.25, -0.2) is 4.79 Å². The molecule has 33 heavy (non-hydrogen) atoms. The number of rotatable bonds is 1. The number of fused-ring (bicyclic) bond motifs is 2. The van der Waals surface area contributed by atoms with Crippen molar-refractivity contribution in [1.82, 2.24) is 4.90 Å². The maximum atomic E-state index is 13.3. The van der Waals surface area contributed by atoms with E-state index in [0.29, 0.717) is 43.5 Å². The van der Waals surface area contributed by atoms with Crippen molar-refractivity contribution in [3.63, 3.8) is 0 Å². The second-order valence-corrected chi connectivity index (χ2v) is 9.82. The van der Waals surface area contributed by atoms with Gasteiger partial charge < -0.3 is 30.3 Å². The number of piperidine rings is 1. The van der Waals surface area contributed by atoms with Gasteiger partial charge in [-0.2, -0.15) is 0 Å². The molecule has 3 aliphatic heterocycles. The van der Waals surface area contributed by atoms with Gasteiger partial charge in [0, 0.05) is 18.3 Å². The molecular formula is C25H31N5O3. The van der Waals surface area contributed by atoms with Gasteiger partial charge in [0.15, 0.2) is 11.5 Å². The highest BCUT2D eigenvalue weighted by Crippen LogP contribution is 2.37. The number of hydrogen-bond donors (Lipinski definition) is 3. The lowest BCUT2D eigenvalue weighted by molar-refractivity contribution is 0.171. The third-order valence-corrected chi connectivity index (χ3v) is 6.03. The van der Waals surface area contributed by atoms with E-state index in [4.69, 9.17) is 14.5 Å². The molecule has 8 nitrogen and oxygen atoms in total. The average molecular weight is 450 g/mol. The van der Waals surface area contributed by atoms with Crippen LogP contribution in [0.3, 0.4) is 0 Å². The Morgan fingerprint density at radius 1 is 1.09 bits per heavy atom. The molecule has 0 aliphatic carbocycles. The van der Waals surface area contributed by atoms with Crippen molar-refractivity contribution in [3.05, 3.63) is 42.5 Å². The molecule has 8 heteroatoms. The number of benzene rings is 2. The highest BCUT2D eigenvalue weighted by Gasteiger charge is 2.45. The number of anilines is 3. The van der Waals surface area contributed by atoms with Gasteiger partial charge in [-0.1, -0.05) is 12.1 Å². The highest BCUT2D eigenvalue weighted by molar-refractivity contribution is 6.10. The largest absolute Gasteiger partial charge is 0.486 e.